The molecule has 0 aliphatic carbocycles. The van der Waals surface area contributed by atoms with Crippen LogP contribution in [0.25, 0.3) is 16.7 Å². The number of rotatable bonds is 4. The van der Waals surface area contributed by atoms with Gasteiger partial charge in [-0.2, -0.15) is 0 Å². The monoisotopic (exact) mass is 486 g/mol. The standard InChI is InChI=1S/C28H23ClN2O4/c1-15-8-10-17(11-9-15)31-24(20-14-30-22-7-5-4-6-18(20)22)23(26(33)28(31)34)25(32)19-12-16(2)13-21(29)27(19)35-3/h4-14,24,30,32H,1-3H3/b25-23+. The summed E-state index contributed by atoms with van der Waals surface area (Å²) in [5.74, 6) is -1.61. The Kier molecular flexibility index (Phi) is 5.61. The number of halogens is 1. The highest BCUT2D eigenvalue weighted by molar-refractivity contribution is 6.52. The van der Waals surface area contributed by atoms with Gasteiger partial charge in [-0.1, -0.05) is 47.5 Å². The van der Waals surface area contributed by atoms with Crippen LogP contribution in [-0.4, -0.2) is 28.9 Å². The number of fused-ring (bicyclic) bond motifs is 1. The van der Waals surface area contributed by atoms with E-state index in [1.54, 1.807) is 30.5 Å². The summed E-state index contributed by atoms with van der Waals surface area (Å²) in [6.45, 7) is 3.77. The van der Waals surface area contributed by atoms with Crippen molar-refractivity contribution >= 4 is 45.6 Å². The number of anilines is 1. The van der Waals surface area contributed by atoms with Crippen LogP contribution in [0.3, 0.4) is 0 Å². The van der Waals surface area contributed by atoms with Crippen LogP contribution in [0.1, 0.15) is 28.3 Å². The van der Waals surface area contributed by atoms with E-state index in [2.05, 4.69) is 4.98 Å². The fourth-order valence-electron chi connectivity index (χ4n) is 4.68. The second-order valence-electron chi connectivity index (χ2n) is 8.62. The van der Waals surface area contributed by atoms with Crippen molar-refractivity contribution in [1.82, 2.24) is 4.98 Å². The molecule has 1 aromatic heterocycles. The average molecular weight is 487 g/mol. The van der Waals surface area contributed by atoms with Gasteiger partial charge in [-0.25, -0.2) is 0 Å². The van der Waals surface area contributed by atoms with E-state index in [9.17, 15) is 14.7 Å². The number of aryl methyl sites for hydroxylation is 2. The number of aromatic amines is 1. The van der Waals surface area contributed by atoms with Crippen LogP contribution in [0.5, 0.6) is 5.75 Å². The van der Waals surface area contributed by atoms with E-state index in [4.69, 9.17) is 16.3 Å². The number of nitrogens with zero attached hydrogens (tertiary/aromatic N) is 1. The van der Waals surface area contributed by atoms with E-state index in [1.807, 2.05) is 50.2 Å². The van der Waals surface area contributed by atoms with E-state index in [-0.39, 0.29) is 22.6 Å². The number of aliphatic hydroxyl groups excluding tert-OH is 1. The number of ether oxygens (including phenoxy) is 1. The number of carbonyl (C=O) groups is 2. The van der Waals surface area contributed by atoms with Crippen molar-refractivity contribution in [3.63, 3.8) is 0 Å². The predicted molar refractivity (Wildman–Crippen MR) is 137 cm³/mol. The number of H-pyrrole nitrogens is 1. The molecule has 6 nitrogen and oxygen atoms in total. The number of hydrogen-bond donors (Lipinski definition) is 2. The van der Waals surface area contributed by atoms with Gasteiger partial charge in [-0.15, -0.1) is 0 Å². The summed E-state index contributed by atoms with van der Waals surface area (Å²) in [6, 6.07) is 17.5. The zero-order valence-corrected chi connectivity index (χ0v) is 20.2. The Morgan fingerprint density at radius 1 is 1.03 bits per heavy atom. The predicted octanol–water partition coefficient (Wildman–Crippen LogP) is 6.07. The largest absolute Gasteiger partial charge is 0.507 e. The molecule has 35 heavy (non-hydrogen) atoms. The molecule has 7 heteroatoms. The van der Waals surface area contributed by atoms with Crippen molar-refractivity contribution < 1.29 is 19.4 Å². The summed E-state index contributed by atoms with van der Waals surface area (Å²) < 4.78 is 5.45. The number of amides is 1. The van der Waals surface area contributed by atoms with Crippen molar-refractivity contribution in [2.24, 2.45) is 0 Å². The van der Waals surface area contributed by atoms with Crippen molar-refractivity contribution in [3.05, 3.63) is 99.7 Å². The van der Waals surface area contributed by atoms with Crippen molar-refractivity contribution in [2.75, 3.05) is 12.0 Å². The quantitative estimate of drug-likeness (QED) is 0.208. The average Bonchev–Trinajstić information content (AvgIpc) is 3.37. The van der Waals surface area contributed by atoms with Gasteiger partial charge in [0.05, 0.1) is 29.3 Å². The second-order valence-corrected chi connectivity index (χ2v) is 9.03. The minimum atomic E-state index is -0.863. The van der Waals surface area contributed by atoms with Crippen LogP contribution in [-0.2, 0) is 9.59 Å². The molecule has 4 aromatic rings. The number of hydrogen-bond acceptors (Lipinski definition) is 4. The third-order valence-corrected chi connectivity index (χ3v) is 6.60. The summed E-state index contributed by atoms with van der Waals surface area (Å²) in [7, 11) is 1.44. The molecule has 0 spiro atoms. The highest BCUT2D eigenvalue weighted by Crippen LogP contribution is 2.46. The number of methoxy groups -OCH3 is 1. The number of benzene rings is 3. The maximum absolute atomic E-state index is 13.5. The van der Waals surface area contributed by atoms with Gasteiger partial charge in [-0.3, -0.25) is 14.5 Å². The van der Waals surface area contributed by atoms with Gasteiger partial charge >= 0.3 is 0 Å². The molecule has 0 radical (unpaired) electrons. The summed E-state index contributed by atoms with van der Waals surface area (Å²) >= 11 is 6.38. The molecule has 1 fully saturated rings. The molecular weight excluding hydrogens is 464 g/mol. The molecule has 3 aromatic carbocycles. The molecule has 176 valence electrons. The summed E-state index contributed by atoms with van der Waals surface area (Å²) in [5.41, 5.74) is 4.13. The number of carbonyl (C=O) groups excluding carboxylic acids is 2. The lowest BCUT2D eigenvalue weighted by Gasteiger charge is -2.25. The van der Waals surface area contributed by atoms with Crippen LogP contribution in [0, 0.1) is 13.8 Å². The molecule has 1 atom stereocenters. The highest BCUT2D eigenvalue weighted by Gasteiger charge is 2.48. The Hall–Kier alpha value is -4.03. The van der Waals surface area contributed by atoms with E-state index in [0.29, 0.717) is 16.3 Å². The summed E-state index contributed by atoms with van der Waals surface area (Å²) in [4.78, 5) is 31.6. The van der Waals surface area contributed by atoms with E-state index < -0.39 is 17.7 Å². The zero-order chi connectivity index (χ0) is 24.9. The van der Waals surface area contributed by atoms with Crippen LogP contribution in [0.4, 0.5) is 5.69 Å². The Labute approximate surface area is 207 Å². The number of para-hydroxylation sites is 1. The first-order valence-electron chi connectivity index (χ1n) is 11.1. The van der Waals surface area contributed by atoms with Crippen LogP contribution in [0.2, 0.25) is 5.02 Å². The molecule has 1 saturated heterocycles. The lowest BCUT2D eigenvalue weighted by Crippen LogP contribution is -2.29. The van der Waals surface area contributed by atoms with E-state index in [1.165, 1.54) is 12.0 Å². The Balaban J connectivity index is 1.82. The number of Topliss-reactive ketones (excluding diaryl/α,β-unsaturated/α-hetero) is 1. The van der Waals surface area contributed by atoms with Crippen molar-refractivity contribution in [1.29, 1.82) is 0 Å². The van der Waals surface area contributed by atoms with Crippen LogP contribution < -0.4 is 9.64 Å². The fourth-order valence-corrected chi connectivity index (χ4v) is 5.03. The van der Waals surface area contributed by atoms with Gasteiger partial charge in [0.15, 0.2) is 0 Å². The lowest BCUT2D eigenvalue weighted by atomic mass is 9.94. The third-order valence-electron chi connectivity index (χ3n) is 6.32. The normalized spacial score (nSPS) is 17.4. The Morgan fingerprint density at radius 2 is 1.74 bits per heavy atom. The summed E-state index contributed by atoms with van der Waals surface area (Å²) in [6.07, 6.45) is 1.77. The molecule has 1 aliphatic heterocycles. The van der Waals surface area contributed by atoms with Gasteiger partial charge in [0.2, 0.25) is 0 Å². The molecule has 1 unspecified atom stereocenters. The number of nitrogens with one attached hydrogen (secondary N) is 1. The van der Waals surface area contributed by atoms with Gasteiger partial charge in [0.1, 0.15) is 11.5 Å². The number of aliphatic hydroxyl groups is 1. The lowest BCUT2D eigenvalue weighted by molar-refractivity contribution is -0.132. The third kappa shape index (κ3) is 3.67. The van der Waals surface area contributed by atoms with Crippen molar-refractivity contribution in [3.8, 4) is 5.75 Å². The maximum Gasteiger partial charge on any atom is 0.300 e. The SMILES string of the molecule is COc1c(Cl)cc(C)cc1/C(O)=C1\C(=O)C(=O)N(c2ccc(C)cc2)C1c1c[nH]c2ccccc12. The summed E-state index contributed by atoms with van der Waals surface area (Å²) in [5, 5.41) is 12.7. The Bertz CT molecular complexity index is 1520. The molecule has 0 bridgehead atoms. The molecule has 1 aliphatic rings. The molecule has 5 rings (SSSR count). The molecular formula is C28H23ClN2O4. The topological polar surface area (TPSA) is 82.6 Å². The molecule has 2 heterocycles. The second kappa shape index (κ2) is 8.64. The molecule has 1 amide bonds. The van der Waals surface area contributed by atoms with Gasteiger partial charge in [0.25, 0.3) is 11.7 Å². The van der Waals surface area contributed by atoms with Gasteiger partial charge in [-0.05, 0) is 49.7 Å². The first kappa shape index (κ1) is 22.7. The van der Waals surface area contributed by atoms with Gasteiger partial charge in [0, 0.05) is 28.4 Å². The minimum absolute atomic E-state index is 0.0275. The minimum Gasteiger partial charge on any atom is -0.507 e. The Morgan fingerprint density at radius 3 is 2.46 bits per heavy atom. The first-order chi connectivity index (χ1) is 16.8. The first-order valence-corrected chi connectivity index (χ1v) is 11.5. The van der Waals surface area contributed by atoms with Crippen LogP contribution >= 0.6 is 11.6 Å². The molecule has 0 saturated carbocycles. The van der Waals surface area contributed by atoms with E-state index in [0.717, 1.165) is 22.0 Å². The number of ketones is 1. The smallest absolute Gasteiger partial charge is 0.300 e. The van der Waals surface area contributed by atoms with Gasteiger partial charge < -0.3 is 14.8 Å². The number of aromatic nitrogens is 1. The van der Waals surface area contributed by atoms with E-state index >= 15 is 0 Å². The zero-order valence-electron chi connectivity index (χ0n) is 19.4. The molecule has 2 N–H and O–H groups in total. The fraction of sp³-hybridized carbons (Fsp3) is 0.143. The maximum atomic E-state index is 13.5. The van der Waals surface area contributed by atoms with Crippen LogP contribution in [0.15, 0.2) is 72.4 Å². The highest BCUT2D eigenvalue weighted by atomic mass is 35.5. The van der Waals surface area contributed by atoms with Crippen molar-refractivity contribution in [2.45, 2.75) is 19.9 Å².